The van der Waals surface area contributed by atoms with Gasteiger partial charge in [0.25, 0.3) is 11.5 Å². The molecule has 6 nitrogen and oxygen atoms in total. The maximum absolute atomic E-state index is 12.7. The second-order valence-corrected chi connectivity index (χ2v) is 7.55. The number of carbonyl (C=O) groups is 2. The Labute approximate surface area is 177 Å². The smallest absolute Gasteiger partial charge is 0.261 e. The SMILES string of the molecule is COc1ccc(NC(=O)c2cc3c([nH]c2=O)C[C@@H](c2ccccc2)CC3=O)cc1Cl. The summed E-state index contributed by atoms with van der Waals surface area (Å²) in [5, 5.41) is 2.97. The van der Waals surface area contributed by atoms with E-state index < -0.39 is 11.5 Å². The average Bonchev–Trinajstić information content (AvgIpc) is 2.74. The summed E-state index contributed by atoms with van der Waals surface area (Å²) in [7, 11) is 1.49. The first kappa shape index (κ1) is 19.9. The van der Waals surface area contributed by atoms with Crippen LogP contribution >= 0.6 is 11.6 Å². The standard InChI is InChI=1S/C23H19ClN2O4/c1-30-21-8-7-15(11-18(21)24)25-22(28)17-12-16-19(26-23(17)29)9-14(10-20(16)27)13-5-3-2-4-6-13/h2-8,11-12,14H,9-10H2,1H3,(H,25,28)(H,26,29)/t14-/m1/s1. The van der Waals surface area contributed by atoms with Gasteiger partial charge in [0.1, 0.15) is 11.3 Å². The Morgan fingerprint density at radius 2 is 1.87 bits per heavy atom. The van der Waals surface area contributed by atoms with Crippen LogP contribution in [0.2, 0.25) is 5.02 Å². The molecule has 1 aliphatic carbocycles. The van der Waals surface area contributed by atoms with Crippen molar-refractivity contribution in [1.29, 1.82) is 0 Å². The molecular formula is C23H19ClN2O4. The van der Waals surface area contributed by atoms with Crippen LogP contribution in [0.1, 0.15) is 44.3 Å². The van der Waals surface area contributed by atoms with Gasteiger partial charge >= 0.3 is 0 Å². The first-order valence-corrected chi connectivity index (χ1v) is 9.83. The summed E-state index contributed by atoms with van der Waals surface area (Å²) in [6.07, 6.45) is 0.870. The minimum absolute atomic E-state index is 0.00275. The van der Waals surface area contributed by atoms with Crippen LogP contribution < -0.4 is 15.6 Å². The average molecular weight is 423 g/mol. The number of Topliss-reactive ketones (excluding diaryl/α,β-unsaturated/α-hetero) is 1. The molecule has 0 saturated carbocycles. The van der Waals surface area contributed by atoms with Crippen molar-refractivity contribution in [3.05, 3.63) is 92.4 Å². The molecule has 30 heavy (non-hydrogen) atoms. The lowest BCUT2D eigenvalue weighted by Gasteiger charge is -2.24. The number of aromatic amines is 1. The van der Waals surface area contributed by atoms with Crippen LogP contribution in [0.3, 0.4) is 0 Å². The maximum atomic E-state index is 12.7. The maximum Gasteiger partial charge on any atom is 0.261 e. The summed E-state index contributed by atoms with van der Waals surface area (Å²) in [6, 6.07) is 15.9. The van der Waals surface area contributed by atoms with Crippen molar-refractivity contribution in [1.82, 2.24) is 4.98 Å². The molecule has 1 heterocycles. The fraction of sp³-hybridized carbons (Fsp3) is 0.174. The van der Waals surface area contributed by atoms with E-state index in [4.69, 9.17) is 16.3 Å². The lowest BCUT2D eigenvalue weighted by atomic mass is 9.81. The molecule has 1 aliphatic rings. The zero-order chi connectivity index (χ0) is 21.3. The predicted octanol–water partition coefficient (Wildman–Crippen LogP) is 4.20. The number of anilines is 1. The van der Waals surface area contributed by atoms with Gasteiger partial charge in [0, 0.05) is 23.4 Å². The van der Waals surface area contributed by atoms with Gasteiger partial charge in [0.2, 0.25) is 0 Å². The second-order valence-electron chi connectivity index (χ2n) is 7.15. The third-order valence-corrected chi connectivity index (χ3v) is 5.53. The van der Waals surface area contributed by atoms with E-state index in [1.807, 2.05) is 30.3 Å². The molecule has 0 saturated heterocycles. The molecule has 2 aromatic carbocycles. The third kappa shape index (κ3) is 3.86. The number of amides is 1. The van der Waals surface area contributed by atoms with E-state index in [0.717, 1.165) is 5.56 Å². The molecule has 2 N–H and O–H groups in total. The number of H-pyrrole nitrogens is 1. The van der Waals surface area contributed by atoms with Crippen LogP contribution in [0.15, 0.2) is 59.4 Å². The lowest BCUT2D eigenvalue weighted by Crippen LogP contribution is -2.29. The molecule has 0 aliphatic heterocycles. The summed E-state index contributed by atoms with van der Waals surface area (Å²) in [6.45, 7) is 0. The molecule has 0 unspecified atom stereocenters. The van der Waals surface area contributed by atoms with Crippen LogP contribution in [0.5, 0.6) is 5.75 Å². The van der Waals surface area contributed by atoms with Crippen molar-refractivity contribution in [2.75, 3.05) is 12.4 Å². The molecule has 4 rings (SSSR count). The zero-order valence-corrected chi connectivity index (χ0v) is 17.0. The molecule has 3 aromatic rings. The van der Waals surface area contributed by atoms with Gasteiger partial charge in [-0.3, -0.25) is 14.4 Å². The third-order valence-electron chi connectivity index (χ3n) is 5.23. The van der Waals surface area contributed by atoms with Crippen LogP contribution in [0.4, 0.5) is 5.69 Å². The highest BCUT2D eigenvalue weighted by atomic mass is 35.5. The number of halogens is 1. The van der Waals surface area contributed by atoms with Gasteiger partial charge in [-0.05, 0) is 42.2 Å². The molecule has 0 spiro atoms. The van der Waals surface area contributed by atoms with Crippen molar-refractivity contribution >= 4 is 29.0 Å². The van der Waals surface area contributed by atoms with Crippen molar-refractivity contribution in [2.24, 2.45) is 0 Å². The van der Waals surface area contributed by atoms with Gasteiger partial charge in [-0.1, -0.05) is 41.9 Å². The lowest BCUT2D eigenvalue weighted by molar-refractivity contribution is 0.0963. The first-order valence-electron chi connectivity index (χ1n) is 9.45. The Bertz CT molecular complexity index is 1190. The minimum Gasteiger partial charge on any atom is -0.495 e. The van der Waals surface area contributed by atoms with Gasteiger partial charge in [-0.15, -0.1) is 0 Å². The molecule has 7 heteroatoms. The summed E-state index contributed by atoms with van der Waals surface area (Å²) in [5.41, 5.74) is 1.77. The quantitative estimate of drug-likeness (QED) is 0.659. The molecule has 0 radical (unpaired) electrons. The highest BCUT2D eigenvalue weighted by Crippen LogP contribution is 2.32. The summed E-state index contributed by atoms with van der Waals surface area (Å²) in [4.78, 5) is 40.7. The number of ether oxygens (including phenoxy) is 1. The van der Waals surface area contributed by atoms with Gasteiger partial charge in [-0.2, -0.15) is 0 Å². The first-order chi connectivity index (χ1) is 14.5. The van der Waals surface area contributed by atoms with E-state index in [-0.39, 0.29) is 17.3 Å². The van der Waals surface area contributed by atoms with Gasteiger partial charge in [-0.25, -0.2) is 0 Å². The number of nitrogens with one attached hydrogen (secondary N) is 2. The van der Waals surface area contributed by atoms with E-state index in [0.29, 0.717) is 40.6 Å². The number of rotatable bonds is 4. The predicted molar refractivity (Wildman–Crippen MR) is 115 cm³/mol. The Hall–Kier alpha value is -3.38. The van der Waals surface area contributed by atoms with E-state index in [2.05, 4.69) is 10.3 Å². The molecule has 1 atom stereocenters. The number of carbonyl (C=O) groups excluding carboxylic acids is 2. The molecule has 1 aromatic heterocycles. The van der Waals surface area contributed by atoms with Crippen LogP contribution in [0, 0.1) is 0 Å². The number of ketones is 1. The summed E-state index contributed by atoms with van der Waals surface area (Å²) in [5.74, 6) is -0.232. The number of hydrogen-bond donors (Lipinski definition) is 2. The molecular weight excluding hydrogens is 404 g/mol. The van der Waals surface area contributed by atoms with Crippen LogP contribution in [-0.4, -0.2) is 23.8 Å². The molecule has 0 fully saturated rings. The second kappa shape index (κ2) is 8.16. The Balaban J connectivity index is 1.60. The topological polar surface area (TPSA) is 88.3 Å². The van der Waals surface area contributed by atoms with Gasteiger partial charge < -0.3 is 15.0 Å². The number of hydrogen-bond acceptors (Lipinski definition) is 4. The number of fused-ring (bicyclic) bond motifs is 1. The fourth-order valence-corrected chi connectivity index (χ4v) is 3.96. The number of pyridine rings is 1. The normalized spacial score (nSPS) is 15.4. The van der Waals surface area contributed by atoms with Crippen molar-refractivity contribution in [3.8, 4) is 5.75 Å². The summed E-state index contributed by atoms with van der Waals surface area (Å²) < 4.78 is 5.09. The molecule has 1 amide bonds. The summed E-state index contributed by atoms with van der Waals surface area (Å²) >= 11 is 6.08. The van der Waals surface area contributed by atoms with Crippen LogP contribution in [-0.2, 0) is 6.42 Å². The van der Waals surface area contributed by atoms with E-state index >= 15 is 0 Å². The molecule has 152 valence electrons. The Morgan fingerprint density at radius 3 is 2.57 bits per heavy atom. The van der Waals surface area contributed by atoms with Crippen LogP contribution in [0.25, 0.3) is 0 Å². The van der Waals surface area contributed by atoms with Crippen molar-refractivity contribution < 1.29 is 14.3 Å². The largest absolute Gasteiger partial charge is 0.495 e. The minimum atomic E-state index is -0.613. The van der Waals surface area contributed by atoms with Crippen molar-refractivity contribution in [3.63, 3.8) is 0 Å². The highest BCUT2D eigenvalue weighted by molar-refractivity contribution is 6.32. The fourth-order valence-electron chi connectivity index (χ4n) is 3.70. The number of aromatic nitrogens is 1. The zero-order valence-electron chi connectivity index (χ0n) is 16.2. The number of benzene rings is 2. The van der Waals surface area contributed by atoms with E-state index in [9.17, 15) is 14.4 Å². The Morgan fingerprint density at radius 1 is 1.10 bits per heavy atom. The van der Waals surface area contributed by atoms with Crippen molar-refractivity contribution in [2.45, 2.75) is 18.8 Å². The molecule has 0 bridgehead atoms. The van der Waals surface area contributed by atoms with E-state index in [1.54, 1.807) is 12.1 Å². The van der Waals surface area contributed by atoms with Gasteiger partial charge in [0.15, 0.2) is 5.78 Å². The highest BCUT2D eigenvalue weighted by Gasteiger charge is 2.28. The Kier molecular flexibility index (Phi) is 5.42. The van der Waals surface area contributed by atoms with E-state index in [1.165, 1.54) is 19.2 Å². The van der Waals surface area contributed by atoms with Gasteiger partial charge in [0.05, 0.1) is 12.1 Å². The monoisotopic (exact) mass is 422 g/mol. The number of methoxy groups -OCH3 is 1.